The van der Waals surface area contributed by atoms with Gasteiger partial charge in [-0.25, -0.2) is 27.4 Å². The molecule has 4 rings (SSSR count). The van der Waals surface area contributed by atoms with Crippen LogP contribution in [0, 0.1) is 4.78 Å². The summed E-state index contributed by atoms with van der Waals surface area (Å²) in [7, 11) is -7.26. The molecule has 31 heavy (non-hydrogen) atoms. The van der Waals surface area contributed by atoms with E-state index in [1.807, 2.05) is 0 Å². The van der Waals surface area contributed by atoms with Crippen LogP contribution in [0.1, 0.15) is 31.2 Å². The standard InChI is InChI=1S/C18H18F3N5O3S2/c1-3-30(22,27)14-6-11(10-4-5-10)8-24-16(14)17-25-12-7-15(23-9-13(12)26(17)2)31(28,29)18(19,20)21/h6-10,22H,3-5H2,1-2H3. The van der Waals surface area contributed by atoms with Crippen LogP contribution in [-0.4, -0.2) is 43.4 Å². The minimum Gasteiger partial charge on any atom is -0.324 e. The number of rotatable bonds is 5. The molecule has 1 unspecified atom stereocenters. The van der Waals surface area contributed by atoms with E-state index in [1.54, 1.807) is 26.2 Å². The Kier molecular flexibility index (Phi) is 4.89. The van der Waals surface area contributed by atoms with Gasteiger partial charge in [0, 0.05) is 25.1 Å². The van der Waals surface area contributed by atoms with E-state index in [0.717, 1.165) is 30.7 Å². The molecule has 0 amide bonds. The van der Waals surface area contributed by atoms with Crippen molar-refractivity contribution in [3.05, 3.63) is 30.1 Å². The minimum absolute atomic E-state index is 0.0395. The van der Waals surface area contributed by atoms with Gasteiger partial charge in [0.1, 0.15) is 5.69 Å². The minimum atomic E-state index is -5.63. The predicted molar refractivity (Wildman–Crippen MR) is 107 cm³/mol. The monoisotopic (exact) mass is 473 g/mol. The molecule has 166 valence electrons. The molecular weight excluding hydrogens is 455 g/mol. The van der Waals surface area contributed by atoms with Crippen molar-refractivity contribution in [3.8, 4) is 11.5 Å². The highest BCUT2D eigenvalue weighted by molar-refractivity contribution is 7.92. The Balaban J connectivity index is 1.92. The third-order valence-corrected chi connectivity index (χ3v) is 8.44. The van der Waals surface area contributed by atoms with Crippen LogP contribution in [-0.2, 0) is 26.6 Å². The summed E-state index contributed by atoms with van der Waals surface area (Å²) >= 11 is 0. The zero-order chi connectivity index (χ0) is 22.8. The second-order valence-corrected chi connectivity index (χ2v) is 11.6. The van der Waals surface area contributed by atoms with Gasteiger partial charge in [-0.15, -0.1) is 0 Å². The molecule has 1 atom stereocenters. The highest BCUT2D eigenvalue weighted by Gasteiger charge is 2.48. The van der Waals surface area contributed by atoms with Crippen LogP contribution in [0.25, 0.3) is 22.6 Å². The van der Waals surface area contributed by atoms with E-state index >= 15 is 0 Å². The van der Waals surface area contributed by atoms with E-state index < -0.39 is 30.1 Å². The van der Waals surface area contributed by atoms with Gasteiger partial charge in [-0.1, -0.05) is 6.92 Å². The van der Waals surface area contributed by atoms with Crippen molar-refractivity contribution in [2.24, 2.45) is 7.05 Å². The van der Waals surface area contributed by atoms with Gasteiger partial charge in [0.2, 0.25) is 0 Å². The van der Waals surface area contributed by atoms with Crippen molar-refractivity contribution in [3.63, 3.8) is 0 Å². The molecule has 0 bridgehead atoms. The Morgan fingerprint density at radius 2 is 1.84 bits per heavy atom. The van der Waals surface area contributed by atoms with Crippen molar-refractivity contribution in [2.45, 2.75) is 41.1 Å². The number of alkyl halides is 3. The maximum atomic E-state index is 12.9. The lowest BCUT2D eigenvalue weighted by Gasteiger charge is -2.12. The number of sulfone groups is 1. The smallest absolute Gasteiger partial charge is 0.324 e. The lowest BCUT2D eigenvalue weighted by molar-refractivity contribution is -0.0438. The van der Waals surface area contributed by atoms with Gasteiger partial charge in [0.05, 0.1) is 31.9 Å². The average molecular weight is 474 g/mol. The number of aromatic nitrogens is 4. The van der Waals surface area contributed by atoms with E-state index in [1.165, 1.54) is 4.57 Å². The number of nitrogens with one attached hydrogen (secondary N) is 1. The first kappa shape index (κ1) is 21.7. The fraction of sp³-hybridized carbons (Fsp3) is 0.389. The maximum absolute atomic E-state index is 12.9. The first-order valence-electron chi connectivity index (χ1n) is 9.27. The third-order valence-electron chi connectivity index (χ3n) is 5.22. The van der Waals surface area contributed by atoms with E-state index in [2.05, 4.69) is 15.0 Å². The number of fused-ring (bicyclic) bond motifs is 1. The van der Waals surface area contributed by atoms with Crippen molar-refractivity contribution >= 4 is 30.6 Å². The predicted octanol–water partition coefficient (Wildman–Crippen LogP) is 3.63. The highest BCUT2D eigenvalue weighted by atomic mass is 32.2. The Hall–Kier alpha value is -2.54. The molecule has 1 aliphatic carbocycles. The first-order chi connectivity index (χ1) is 14.4. The van der Waals surface area contributed by atoms with Crippen molar-refractivity contribution in [1.82, 2.24) is 19.5 Å². The van der Waals surface area contributed by atoms with Gasteiger partial charge < -0.3 is 4.57 Å². The summed E-state index contributed by atoms with van der Waals surface area (Å²) in [5.41, 5.74) is -4.21. The molecular formula is C18H18F3N5O3S2. The van der Waals surface area contributed by atoms with Crippen LogP contribution in [0.3, 0.4) is 0 Å². The largest absolute Gasteiger partial charge is 0.503 e. The summed E-state index contributed by atoms with van der Waals surface area (Å²) in [4.78, 5) is 12.3. The molecule has 0 saturated heterocycles. The second-order valence-electron chi connectivity index (χ2n) is 7.31. The van der Waals surface area contributed by atoms with Gasteiger partial charge in [-0.3, -0.25) is 4.98 Å². The van der Waals surface area contributed by atoms with Crippen LogP contribution in [0.2, 0.25) is 0 Å². The van der Waals surface area contributed by atoms with Gasteiger partial charge >= 0.3 is 5.51 Å². The number of hydrogen-bond acceptors (Lipinski definition) is 7. The third kappa shape index (κ3) is 3.59. The zero-order valence-corrected chi connectivity index (χ0v) is 18.1. The molecule has 8 nitrogen and oxygen atoms in total. The molecule has 0 radical (unpaired) electrons. The number of nitrogens with zero attached hydrogens (tertiary/aromatic N) is 4. The molecule has 1 fully saturated rings. The van der Waals surface area contributed by atoms with E-state index in [0.29, 0.717) is 5.92 Å². The highest BCUT2D eigenvalue weighted by Crippen LogP contribution is 2.42. The second kappa shape index (κ2) is 6.99. The molecule has 1 saturated carbocycles. The Morgan fingerprint density at radius 1 is 1.16 bits per heavy atom. The molecule has 13 heteroatoms. The summed E-state index contributed by atoms with van der Waals surface area (Å²) in [5, 5.41) is -1.16. The summed E-state index contributed by atoms with van der Waals surface area (Å²) < 4.78 is 84.7. The molecule has 3 aromatic heterocycles. The Labute approximate surface area is 176 Å². The molecule has 0 aliphatic heterocycles. The fourth-order valence-corrected chi connectivity index (χ4v) is 5.01. The lowest BCUT2D eigenvalue weighted by atomic mass is 10.2. The zero-order valence-electron chi connectivity index (χ0n) is 16.5. The lowest BCUT2D eigenvalue weighted by Crippen LogP contribution is -2.24. The van der Waals surface area contributed by atoms with E-state index in [4.69, 9.17) is 4.78 Å². The summed E-state index contributed by atoms with van der Waals surface area (Å²) in [5.74, 6) is 0.520. The number of aryl methyl sites for hydroxylation is 1. The van der Waals surface area contributed by atoms with E-state index in [9.17, 15) is 25.8 Å². The molecule has 3 heterocycles. The van der Waals surface area contributed by atoms with Crippen molar-refractivity contribution in [2.75, 3.05) is 5.75 Å². The Morgan fingerprint density at radius 3 is 2.42 bits per heavy atom. The normalized spacial score (nSPS) is 17.1. The van der Waals surface area contributed by atoms with Gasteiger partial charge in [-0.05, 0) is 30.4 Å². The molecule has 0 spiro atoms. The molecule has 1 aliphatic rings. The van der Waals surface area contributed by atoms with E-state index in [-0.39, 0.29) is 33.2 Å². The number of imidazole rings is 1. The van der Waals surface area contributed by atoms with Gasteiger partial charge in [0.25, 0.3) is 9.84 Å². The van der Waals surface area contributed by atoms with Crippen molar-refractivity contribution < 1.29 is 25.8 Å². The van der Waals surface area contributed by atoms with Gasteiger partial charge in [-0.2, -0.15) is 13.2 Å². The summed E-state index contributed by atoms with van der Waals surface area (Å²) in [6, 6.07) is 2.44. The summed E-state index contributed by atoms with van der Waals surface area (Å²) in [6.45, 7) is 1.62. The van der Waals surface area contributed by atoms with Crippen LogP contribution in [0.15, 0.2) is 34.4 Å². The number of pyridine rings is 2. The first-order valence-corrected chi connectivity index (χ1v) is 12.5. The average Bonchev–Trinajstić information content (AvgIpc) is 3.50. The Bertz CT molecular complexity index is 1410. The van der Waals surface area contributed by atoms with Crippen LogP contribution >= 0.6 is 0 Å². The molecule has 3 aromatic rings. The van der Waals surface area contributed by atoms with Crippen LogP contribution < -0.4 is 0 Å². The maximum Gasteiger partial charge on any atom is 0.503 e. The van der Waals surface area contributed by atoms with Crippen LogP contribution in [0.5, 0.6) is 0 Å². The quantitative estimate of drug-likeness (QED) is 0.605. The SMILES string of the molecule is CCS(=N)(=O)c1cc(C2CC2)cnc1-c1nc2cc(S(=O)(=O)C(F)(F)F)ncc2n1C. The van der Waals surface area contributed by atoms with Crippen LogP contribution in [0.4, 0.5) is 13.2 Å². The number of hydrogen-bond donors (Lipinski definition) is 1. The van der Waals surface area contributed by atoms with Crippen molar-refractivity contribution in [1.29, 1.82) is 4.78 Å². The number of halogens is 3. The fourth-order valence-electron chi connectivity index (χ4n) is 3.22. The van der Waals surface area contributed by atoms with Gasteiger partial charge in [0.15, 0.2) is 10.9 Å². The molecule has 1 N–H and O–H groups in total. The topological polar surface area (TPSA) is 119 Å². The summed E-state index contributed by atoms with van der Waals surface area (Å²) in [6.07, 6.45) is 4.58. The molecule has 0 aromatic carbocycles.